The van der Waals surface area contributed by atoms with Gasteiger partial charge in [-0.3, -0.25) is 4.79 Å². The smallest absolute Gasteiger partial charge is 0.240 e. The van der Waals surface area contributed by atoms with Crippen LogP contribution in [-0.2, 0) is 11.2 Å². The molecule has 0 aliphatic heterocycles. The lowest BCUT2D eigenvalue weighted by Gasteiger charge is -2.36. The van der Waals surface area contributed by atoms with Crippen LogP contribution in [0.2, 0.25) is 0 Å². The Bertz CT molecular complexity index is 444. The van der Waals surface area contributed by atoms with Crippen LogP contribution in [-0.4, -0.2) is 18.0 Å². The van der Waals surface area contributed by atoms with Crippen molar-refractivity contribution in [2.24, 2.45) is 5.73 Å². The van der Waals surface area contributed by atoms with E-state index in [1.165, 1.54) is 12.1 Å². The number of rotatable bonds is 4. The summed E-state index contributed by atoms with van der Waals surface area (Å²) >= 11 is 0. The van der Waals surface area contributed by atoms with Crippen molar-refractivity contribution < 1.29 is 13.6 Å². The molecule has 0 atom stereocenters. The third kappa shape index (κ3) is 3.88. The van der Waals surface area contributed by atoms with Crippen LogP contribution < -0.4 is 11.1 Å². The lowest BCUT2D eigenvalue weighted by Crippen LogP contribution is -2.58. The highest BCUT2D eigenvalue weighted by Crippen LogP contribution is 2.28. The molecule has 0 aromatic heterocycles. The molecule has 1 fully saturated rings. The number of nitrogens with two attached hydrogens (primary N) is 1. The second kappa shape index (κ2) is 6.30. The van der Waals surface area contributed by atoms with Gasteiger partial charge < -0.3 is 11.1 Å². The molecule has 0 radical (unpaired) electrons. The third-order valence-electron chi connectivity index (χ3n) is 3.32. The topological polar surface area (TPSA) is 55.1 Å². The molecule has 0 unspecified atom stereocenters. The Hall–Kier alpha value is -1.20. The van der Waals surface area contributed by atoms with Gasteiger partial charge >= 0.3 is 0 Å². The molecule has 1 aromatic rings. The van der Waals surface area contributed by atoms with Gasteiger partial charge in [-0.15, -0.1) is 12.4 Å². The molecule has 1 aromatic carbocycles. The summed E-state index contributed by atoms with van der Waals surface area (Å²) in [5, 5.41) is 2.70. The van der Waals surface area contributed by atoms with Gasteiger partial charge in [-0.25, -0.2) is 8.78 Å². The number of nitrogens with one attached hydrogen (secondary N) is 1. The number of carbonyl (C=O) groups excluding carboxylic acids is 1. The van der Waals surface area contributed by atoms with Crippen molar-refractivity contribution in [1.82, 2.24) is 5.32 Å². The Labute approximate surface area is 117 Å². The summed E-state index contributed by atoms with van der Waals surface area (Å²) in [5.41, 5.74) is 5.63. The zero-order valence-electron chi connectivity index (χ0n) is 10.4. The van der Waals surface area contributed by atoms with E-state index in [4.69, 9.17) is 5.73 Å². The van der Waals surface area contributed by atoms with Crippen LogP contribution >= 0.6 is 12.4 Å². The molecule has 0 saturated heterocycles. The summed E-state index contributed by atoms with van der Waals surface area (Å²) < 4.78 is 25.8. The van der Waals surface area contributed by atoms with E-state index in [2.05, 4.69) is 5.32 Å². The molecule has 2 rings (SSSR count). The molecule has 106 valence electrons. The molecule has 0 spiro atoms. The lowest BCUT2D eigenvalue weighted by molar-refractivity contribution is -0.129. The zero-order chi connectivity index (χ0) is 13.2. The number of amides is 1. The van der Waals surface area contributed by atoms with Gasteiger partial charge in [0.15, 0.2) is 0 Å². The van der Waals surface area contributed by atoms with Crippen molar-refractivity contribution in [3.8, 4) is 0 Å². The Kier molecular flexibility index (Phi) is 5.26. The summed E-state index contributed by atoms with van der Waals surface area (Å²) in [5.74, 6) is -1.39. The fourth-order valence-corrected chi connectivity index (χ4v) is 2.04. The van der Waals surface area contributed by atoms with Crippen LogP contribution in [0.1, 0.15) is 24.8 Å². The molecule has 1 aliphatic rings. The van der Waals surface area contributed by atoms with Crippen LogP contribution in [0, 0.1) is 11.6 Å². The number of carbonyl (C=O) groups is 1. The predicted octanol–water partition coefficient (Wildman–Crippen LogP) is 1.93. The molecule has 1 saturated carbocycles. The molecule has 0 heterocycles. The van der Waals surface area contributed by atoms with E-state index in [1.54, 1.807) is 0 Å². The number of hydrogen-bond donors (Lipinski definition) is 2. The summed E-state index contributed by atoms with van der Waals surface area (Å²) in [6.07, 6.45) is 2.76. The first-order valence-corrected chi connectivity index (χ1v) is 6.02. The van der Waals surface area contributed by atoms with Gasteiger partial charge in [0.05, 0.1) is 5.54 Å². The van der Waals surface area contributed by atoms with Crippen molar-refractivity contribution in [1.29, 1.82) is 0 Å². The third-order valence-corrected chi connectivity index (χ3v) is 3.32. The van der Waals surface area contributed by atoms with Crippen LogP contribution in [0.4, 0.5) is 8.78 Å². The largest absolute Gasteiger partial charge is 0.354 e. The zero-order valence-corrected chi connectivity index (χ0v) is 11.2. The maximum Gasteiger partial charge on any atom is 0.240 e. The van der Waals surface area contributed by atoms with Crippen LogP contribution in [0.25, 0.3) is 0 Å². The highest BCUT2D eigenvalue weighted by Gasteiger charge is 2.39. The molecule has 19 heavy (non-hydrogen) atoms. The van der Waals surface area contributed by atoms with Crippen molar-refractivity contribution in [3.05, 3.63) is 35.4 Å². The molecular weight excluding hydrogens is 274 g/mol. The van der Waals surface area contributed by atoms with Crippen LogP contribution in [0.15, 0.2) is 18.2 Å². The van der Waals surface area contributed by atoms with Gasteiger partial charge in [-0.05, 0) is 43.4 Å². The maximum absolute atomic E-state index is 12.9. The predicted molar refractivity (Wildman–Crippen MR) is 71.1 cm³/mol. The Balaban J connectivity index is 0.00000180. The Morgan fingerprint density at radius 1 is 1.26 bits per heavy atom. The van der Waals surface area contributed by atoms with E-state index >= 15 is 0 Å². The fraction of sp³-hybridized carbons (Fsp3) is 0.462. The minimum Gasteiger partial charge on any atom is -0.354 e. The lowest BCUT2D eigenvalue weighted by atomic mass is 9.77. The van der Waals surface area contributed by atoms with Gasteiger partial charge in [-0.1, -0.05) is 0 Å². The molecule has 3 nitrogen and oxygen atoms in total. The van der Waals surface area contributed by atoms with Crippen molar-refractivity contribution >= 4 is 18.3 Å². The molecule has 3 N–H and O–H groups in total. The minimum atomic E-state index is -0.729. The van der Waals surface area contributed by atoms with Crippen molar-refractivity contribution in [3.63, 3.8) is 0 Å². The first-order valence-electron chi connectivity index (χ1n) is 6.02. The average Bonchev–Trinajstić information content (AvgIpc) is 2.24. The first kappa shape index (κ1) is 15.9. The Morgan fingerprint density at radius 2 is 1.84 bits per heavy atom. The van der Waals surface area contributed by atoms with Crippen LogP contribution in [0.5, 0.6) is 0 Å². The molecule has 0 bridgehead atoms. The minimum absolute atomic E-state index is 0. The second-order valence-electron chi connectivity index (χ2n) is 4.79. The standard InChI is InChI=1S/C13H16F2N2O.ClH/c14-10-6-9(7-11(15)8-10)2-5-17-12(18)13(16)3-1-4-13;/h6-8H,1-5,16H2,(H,17,18);1H. The SMILES string of the molecule is Cl.NC1(C(=O)NCCc2cc(F)cc(F)c2)CCC1. The van der Waals surface area contributed by atoms with E-state index in [0.717, 1.165) is 12.5 Å². The van der Waals surface area contributed by atoms with E-state index < -0.39 is 17.2 Å². The Morgan fingerprint density at radius 3 is 2.32 bits per heavy atom. The molecular formula is C13H17ClF2N2O. The molecule has 6 heteroatoms. The highest BCUT2D eigenvalue weighted by atomic mass is 35.5. The van der Waals surface area contributed by atoms with E-state index in [1.807, 2.05) is 0 Å². The molecule has 1 amide bonds. The van der Waals surface area contributed by atoms with E-state index in [9.17, 15) is 13.6 Å². The van der Waals surface area contributed by atoms with E-state index in [-0.39, 0.29) is 18.3 Å². The monoisotopic (exact) mass is 290 g/mol. The number of benzene rings is 1. The highest BCUT2D eigenvalue weighted by molar-refractivity contribution is 5.87. The summed E-state index contributed by atoms with van der Waals surface area (Å²) in [4.78, 5) is 11.7. The maximum atomic E-state index is 12.9. The summed E-state index contributed by atoms with van der Waals surface area (Å²) in [7, 11) is 0. The van der Waals surface area contributed by atoms with Crippen molar-refractivity contribution in [2.75, 3.05) is 6.54 Å². The van der Waals surface area contributed by atoms with Gasteiger partial charge in [0.25, 0.3) is 0 Å². The summed E-state index contributed by atoms with van der Waals surface area (Å²) in [6, 6.07) is 3.35. The van der Waals surface area contributed by atoms with Gasteiger partial charge in [0, 0.05) is 12.6 Å². The fourth-order valence-electron chi connectivity index (χ4n) is 2.04. The quantitative estimate of drug-likeness (QED) is 0.890. The van der Waals surface area contributed by atoms with Crippen molar-refractivity contribution in [2.45, 2.75) is 31.2 Å². The first-order chi connectivity index (χ1) is 8.49. The molecule has 1 aliphatic carbocycles. The van der Waals surface area contributed by atoms with Gasteiger partial charge in [0.2, 0.25) is 5.91 Å². The van der Waals surface area contributed by atoms with Crippen LogP contribution in [0.3, 0.4) is 0 Å². The normalized spacial score (nSPS) is 16.2. The summed E-state index contributed by atoms with van der Waals surface area (Å²) in [6.45, 7) is 0.334. The number of halogens is 3. The average molecular weight is 291 g/mol. The van der Waals surface area contributed by atoms with Gasteiger partial charge in [0.1, 0.15) is 11.6 Å². The van der Waals surface area contributed by atoms with Gasteiger partial charge in [-0.2, -0.15) is 0 Å². The second-order valence-corrected chi connectivity index (χ2v) is 4.79. The number of hydrogen-bond acceptors (Lipinski definition) is 2. The van der Waals surface area contributed by atoms with E-state index in [0.29, 0.717) is 31.4 Å².